The summed E-state index contributed by atoms with van der Waals surface area (Å²) in [5.74, 6) is 0. The van der Waals surface area contributed by atoms with Crippen molar-refractivity contribution in [1.82, 2.24) is 9.03 Å². The van der Waals surface area contributed by atoms with Gasteiger partial charge in [0.05, 0.1) is 9.79 Å². The molecule has 1 rings (SSSR count). The van der Waals surface area contributed by atoms with E-state index in [2.05, 4.69) is 4.72 Å². The summed E-state index contributed by atoms with van der Waals surface area (Å²) in [7, 11) is -7.62. The lowest BCUT2D eigenvalue weighted by molar-refractivity contribution is 0.363. The number of hydrogen-bond acceptors (Lipinski definition) is 5. The van der Waals surface area contributed by atoms with E-state index in [1.807, 2.05) is 13.8 Å². The van der Waals surface area contributed by atoms with Crippen LogP contribution in [-0.2, 0) is 20.0 Å². The van der Waals surface area contributed by atoms with E-state index in [1.54, 1.807) is 13.8 Å². The minimum Gasteiger partial charge on any atom is -0.329 e. The molecule has 0 fully saturated rings. The molecule has 1 aromatic carbocycles. The molecule has 26 heavy (non-hydrogen) atoms. The van der Waals surface area contributed by atoms with Gasteiger partial charge in [0.25, 0.3) is 0 Å². The molecule has 3 N–H and O–H groups in total. The Hall–Kier alpha value is -0.710. The number of rotatable bonds is 10. The zero-order valence-electron chi connectivity index (χ0n) is 15.7. The summed E-state index contributed by atoms with van der Waals surface area (Å²) in [6.45, 7) is 7.99. The SMILES string of the molecule is CCN(CC)S(=O)(=O)c1cccc(S(=O)(=O)NC(CC)(CC)CN)c1.Cl. The van der Waals surface area contributed by atoms with Crippen molar-refractivity contribution >= 4 is 32.5 Å². The fourth-order valence-electron chi connectivity index (χ4n) is 2.58. The third kappa shape index (κ3) is 5.40. The van der Waals surface area contributed by atoms with E-state index in [-0.39, 0.29) is 28.7 Å². The van der Waals surface area contributed by atoms with Crippen molar-refractivity contribution in [2.45, 2.75) is 55.9 Å². The molecular weight excluding hydrogens is 398 g/mol. The molecule has 0 unspecified atom stereocenters. The number of hydrogen-bond donors (Lipinski definition) is 2. The monoisotopic (exact) mass is 427 g/mol. The van der Waals surface area contributed by atoms with Gasteiger partial charge in [0, 0.05) is 25.2 Å². The van der Waals surface area contributed by atoms with Crippen LogP contribution in [0.25, 0.3) is 0 Å². The first-order chi connectivity index (χ1) is 11.6. The smallest absolute Gasteiger partial charge is 0.243 e. The van der Waals surface area contributed by atoms with Crippen LogP contribution in [0.15, 0.2) is 34.1 Å². The molecule has 0 saturated heterocycles. The van der Waals surface area contributed by atoms with Crippen LogP contribution < -0.4 is 10.5 Å². The predicted octanol–water partition coefficient (Wildman–Crippen LogP) is 1.93. The van der Waals surface area contributed by atoms with Gasteiger partial charge in [-0.1, -0.05) is 33.8 Å². The zero-order chi connectivity index (χ0) is 19.3. The van der Waals surface area contributed by atoms with Gasteiger partial charge in [-0.05, 0) is 31.0 Å². The van der Waals surface area contributed by atoms with Gasteiger partial charge < -0.3 is 5.73 Å². The second-order valence-electron chi connectivity index (χ2n) is 5.86. The van der Waals surface area contributed by atoms with Crippen LogP contribution in [-0.4, -0.2) is 46.3 Å². The molecule has 0 saturated carbocycles. The maximum atomic E-state index is 12.7. The predicted molar refractivity (Wildman–Crippen MR) is 106 cm³/mol. The number of nitrogens with zero attached hydrogens (tertiary/aromatic N) is 1. The number of nitrogens with one attached hydrogen (secondary N) is 1. The largest absolute Gasteiger partial charge is 0.329 e. The van der Waals surface area contributed by atoms with E-state index in [1.165, 1.54) is 28.6 Å². The highest BCUT2D eigenvalue weighted by Crippen LogP contribution is 2.22. The lowest BCUT2D eigenvalue weighted by Crippen LogP contribution is -2.52. The third-order valence-corrected chi connectivity index (χ3v) is 8.18. The van der Waals surface area contributed by atoms with E-state index in [9.17, 15) is 16.8 Å². The van der Waals surface area contributed by atoms with Crippen LogP contribution >= 0.6 is 12.4 Å². The summed E-state index contributed by atoms with van der Waals surface area (Å²) in [4.78, 5) is -0.120. The minimum absolute atomic E-state index is 0. The summed E-state index contributed by atoms with van der Waals surface area (Å²) >= 11 is 0. The Morgan fingerprint density at radius 1 is 1.00 bits per heavy atom. The second-order valence-corrected chi connectivity index (χ2v) is 9.48. The van der Waals surface area contributed by atoms with Crippen molar-refractivity contribution < 1.29 is 16.8 Å². The third-order valence-electron chi connectivity index (χ3n) is 4.55. The first kappa shape index (κ1) is 25.3. The van der Waals surface area contributed by atoms with Crippen LogP contribution in [0.3, 0.4) is 0 Å². The first-order valence-corrected chi connectivity index (χ1v) is 11.4. The van der Waals surface area contributed by atoms with Gasteiger partial charge in [-0.15, -0.1) is 12.4 Å². The van der Waals surface area contributed by atoms with Gasteiger partial charge >= 0.3 is 0 Å². The molecule has 0 radical (unpaired) electrons. The Morgan fingerprint density at radius 2 is 1.50 bits per heavy atom. The molecule has 10 heteroatoms. The fourth-order valence-corrected chi connectivity index (χ4v) is 5.76. The quantitative estimate of drug-likeness (QED) is 0.592. The van der Waals surface area contributed by atoms with E-state index in [0.717, 1.165) is 0 Å². The van der Waals surface area contributed by atoms with E-state index in [4.69, 9.17) is 5.73 Å². The molecule has 0 spiro atoms. The van der Waals surface area contributed by atoms with Crippen LogP contribution in [0.5, 0.6) is 0 Å². The van der Waals surface area contributed by atoms with Crippen LogP contribution in [0.4, 0.5) is 0 Å². The second kappa shape index (κ2) is 10.0. The van der Waals surface area contributed by atoms with Crippen molar-refractivity contribution in [3.8, 4) is 0 Å². The van der Waals surface area contributed by atoms with Crippen LogP contribution in [0, 0.1) is 0 Å². The topological polar surface area (TPSA) is 110 Å². The number of halogens is 1. The molecule has 0 amide bonds. The van der Waals surface area contributed by atoms with Crippen molar-refractivity contribution in [3.05, 3.63) is 24.3 Å². The molecule has 0 aliphatic heterocycles. The molecule has 0 atom stereocenters. The van der Waals surface area contributed by atoms with Gasteiger partial charge in [-0.2, -0.15) is 4.31 Å². The van der Waals surface area contributed by atoms with Crippen LogP contribution in [0.1, 0.15) is 40.5 Å². The van der Waals surface area contributed by atoms with Crippen molar-refractivity contribution in [2.75, 3.05) is 19.6 Å². The highest BCUT2D eigenvalue weighted by molar-refractivity contribution is 7.90. The summed E-state index contributed by atoms with van der Waals surface area (Å²) in [5, 5.41) is 0. The fraction of sp³-hybridized carbons (Fsp3) is 0.625. The summed E-state index contributed by atoms with van der Waals surface area (Å²) in [6, 6.07) is 5.42. The molecule has 0 aliphatic carbocycles. The van der Waals surface area contributed by atoms with Crippen LogP contribution in [0.2, 0.25) is 0 Å². The zero-order valence-corrected chi connectivity index (χ0v) is 18.2. The van der Waals surface area contributed by atoms with Gasteiger partial charge in [-0.3, -0.25) is 0 Å². The molecule has 152 valence electrons. The molecule has 0 aliphatic rings. The maximum absolute atomic E-state index is 12.7. The Labute approximate surface area is 163 Å². The molecule has 0 bridgehead atoms. The normalized spacial score (nSPS) is 12.8. The number of nitrogens with two attached hydrogens (primary N) is 1. The van der Waals surface area contributed by atoms with Gasteiger partial charge in [0.2, 0.25) is 20.0 Å². The Balaban J connectivity index is 0.00000625. The first-order valence-electron chi connectivity index (χ1n) is 8.46. The lowest BCUT2D eigenvalue weighted by atomic mass is 9.95. The highest BCUT2D eigenvalue weighted by atomic mass is 35.5. The Bertz CT molecular complexity index is 766. The molecule has 0 aromatic heterocycles. The minimum atomic E-state index is -3.89. The van der Waals surface area contributed by atoms with Crippen molar-refractivity contribution in [1.29, 1.82) is 0 Å². The number of sulfonamides is 2. The van der Waals surface area contributed by atoms with Crippen molar-refractivity contribution in [3.63, 3.8) is 0 Å². The maximum Gasteiger partial charge on any atom is 0.243 e. The summed E-state index contributed by atoms with van der Waals surface area (Å²) in [5.41, 5.74) is 5.02. The van der Waals surface area contributed by atoms with Gasteiger partial charge in [-0.25, -0.2) is 21.6 Å². The van der Waals surface area contributed by atoms with Gasteiger partial charge in [0.1, 0.15) is 0 Å². The molecule has 0 heterocycles. The molecule has 1 aromatic rings. The van der Waals surface area contributed by atoms with E-state index in [0.29, 0.717) is 25.9 Å². The Morgan fingerprint density at radius 3 is 1.92 bits per heavy atom. The number of benzene rings is 1. The summed E-state index contributed by atoms with van der Waals surface area (Å²) in [6.07, 6.45) is 1.08. The summed E-state index contributed by atoms with van der Waals surface area (Å²) < 4.78 is 54.6. The standard InChI is InChI=1S/C16H29N3O4S2.ClH/c1-5-16(6-2,13-17)18-24(20,21)14-10-9-11-15(12-14)25(22,23)19(7-3)8-4;/h9-12,18H,5-8,13,17H2,1-4H3;1H. The van der Waals surface area contributed by atoms with Crippen molar-refractivity contribution in [2.24, 2.45) is 5.73 Å². The average molecular weight is 428 g/mol. The highest BCUT2D eigenvalue weighted by Gasteiger charge is 2.31. The molecule has 7 nitrogen and oxygen atoms in total. The Kier molecular flexibility index (Phi) is 9.73. The van der Waals surface area contributed by atoms with E-state index >= 15 is 0 Å². The molecular formula is C16H30ClN3O4S2. The van der Waals surface area contributed by atoms with E-state index < -0.39 is 25.6 Å². The van der Waals surface area contributed by atoms with Gasteiger partial charge in [0.15, 0.2) is 0 Å². The average Bonchev–Trinajstić information content (AvgIpc) is 2.60. The lowest BCUT2D eigenvalue weighted by Gasteiger charge is -2.31.